The number of piperazine rings is 1. The van der Waals surface area contributed by atoms with Gasteiger partial charge in [0.05, 0.1) is 0 Å². The molecule has 6 nitrogen and oxygen atoms in total. The second kappa shape index (κ2) is 5.86. The molecule has 2 amide bonds. The first-order valence-electron chi connectivity index (χ1n) is 5.82. The summed E-state index contributed by atoms with van der Waals surface area (Å²) in [5.74, 6) is -0.143. The Kier molecular flexibility index (Phi) is 4.74. The third-order valence-corrected chi connectivity index (χ3v) is 2.27. The molecule has 1 fully saturated rings. The Morgan fingerprint density at radius 1 is 1.29 bits per heavy atom. The van der Waals surface area contributed by atoms with Gasteiger partial charge < -0.3 is 20.3 Å². The zero-order valence-electron chi connectivity index (χ0n) is 10.7. The van der Waals surface area contributed by atoms with Crippen LogP contribution >= 0.6 is 0 Å². The van der Waals surface area contributed by atoms with Crippen molar-refractivity contribution in [1.82, 2.24) is 15.5 Å². The molecule has 6 heteroatoms. The van der Waals surface area contributed by atoms with E-state index in [2.05, 4.69) is 10.6 Å². The van der Waals surface area contributed by atoms with Crippen molar-refractivity contribution in [2.45, 2.75) is 26.3 Å². The van der Waals surface area contributed by atoms with Gasteiger partial charge in [-0.05, 0) is 20.8 Å². The summed E-state index contributed by atoms with van der Waals surface area (Å²) in [5, 5.41) is 5.78. The van der Waals surface area contributed by atoms with E-state index in [4.69, 9.17) is 4.74 Å². The molecule has 0 spiro atoms. The maximum atomic E-state index is 11.7. The SMILES string of the molecule is CC(C)(C)NC(=O)OCC(=O)N1CCNCC1. The molecule has 0 aromatic heterocycles. The minimum atomic E-state index is -0.555. The predicted octanol–water partition coefficient (Wildman–Crippen LogP) is -0.0571. The molecule has 0 unspecified atom stereocenters. The van der Waals surface area contributed by atoms with Gasteiger partial charge in [-0.1, -0.05) is 0 Å². The monoisotopic (exact) mass is 243 g/mol. The van der Waals surface area contributed by atoms with Gasteiger partial charge in [0.2, 0.25) is 0 Å². The van der Waals surface area contributed by atoms with Crippen LogP contribution in [-0.4, -0.2) is 55.2 Å². The van der Waals surface area contributed by atoms with E-state index in [0.29, 0.717) is 13.1 Å². The van der Waals surface area contributed by atoms with E-state index in [-0.39, 0.29) is 18.1 Å². The highest BCUT2D eigenvalue weighted by Gasteiger charge is 2.19. The number of carbonyl (C=O) groups is 2. The minimum Gasteiger partial charge on any atom is -0.439 e. The van der Waals surface area contributed by atoms with Crippen LogP contribution in [0.4, 0.5) is 4.79 Å². The van der Waals surface area contributed by atoms with Gasteiger partial charge in [-0.3, -0.25) is 4.79 Å². The smallest absolute Gasteiger partial charge is 0.408 e. The molecule has 1 heterocycles. The molecule has 1 aliphatic heterocycles. The second-order valence-electron chi connectivity index (χ2n) is 5.08. The summed E-state index contributed by atoms with van der Waals surface area (Å²) in [6.45, 7) is 8.29. The molecule has 0 atom stereocenters. The Hall–Kier alpha value is -1.30. The van der Waals surface area contributed by atoms with Crippen molar-refractivity contribution in [2.24, 2.45) is 0 Å². The van der Waals surface area contributed by atoms with Crippen LogP contribution in [0.3, 0.4) is 0 Å². The molecule has 1 saturated heterocycles. The van der Waals surface area contributed by atoms with Crippen molar-refractivity contribution in [2.75, 3.05) is 32.8 Å². The van der Waals surface area contributed by atoms with E-state index in [9.17, 15) is 9.59 Å². The van der Waals surface area contributed by atoms with E-state index >= 15 is 0 Å². The van der Waals surface area contributed by atoms with Gasteiger partial charge >= 0.3 is 6.09 Å². The number of nitrogens with one attached hydrogen (secondary N) is 2. The lowest BCUT2D eigenvalue weighted by atomic mass is 10.1. The van der Waals surface area contributed by atoms with Crippen LogP contribution in [0, 0.1) is 0 Å². The Balaban J connectivity index is 2.25. The number of rotatable bonds is 2. The average Bonchev–Trinajstić information content (AvgIpc) is 2.25. The molecule has 0 radical (unpaired) electrons. The highest BCUT2D eigenvalue weighted by molar-refractivity contribution is 5.80. The molecular formula is C11H21N3O3. The minimum absolute atomic E-state index is 0.143. The van der Waals surface area contributed by atoms with Crippen LogP contribution < -0.4 is 10.6 Å². The third-order valence-electron chi connectivity index (χ3n) is 2.27. The first kappa shape index (κ1) is 13.8. The van der Waals surface area contributed by atoms with Crippen LogP contribution in [0.5, 0.6) is 0 Å². The lowest BCUT2D eigenvalue weighted by molar-refractivity contribution is -0.134. The summed E-state index contributed by atoms with van der Waals surface area (Å²) in [4.78, 5) is 24.7. The molecular weight excluding hydrogens is 222 g/mol. The standard InChI is InChI=1S/C11H21N3O3/c1-11(2,3)13-10(16)17-8-9(15)14-6-4-12-5-7-14/h12H,4-8H2,1-3H3,(H,13,16). The Morgan fingerprint density at radius 2 is 1.88 bits per heavy atom. The van der Waals surface area contributed by atoms with Crippen LogP contribution in [0.15, 0.2) is 0 Å². The number of carbonyl (C=O) groups excluding carboxylic acids is 2. The summed E-state index contributed by atoms with van der Waals surface area (Å²) in [5.41, 5.74) is -0.352. The van der Waals surface area contributed by atoms with Crippen LogP contribution in [0.2, 0.25) is 0 Å². The van der Waals surface area contributed by atoms with Crippen molar-refractivity contribution in [3.8, 4) is 0 Å². The highest BCUT2D eigenvalue weighted by atomic mass is 16.6. The Labute approximate surface area is 102 Å². The number of hydrogen-bond donors (Lipinski definition) is 2. The number of alkyl carbamates (subject to hydrolysis) is 1. The summed E-state index contributed by atoms with van der Waals surface area (Å²) in [6.07, 6.45) is -0.555. The highest BCUT2D eigenvalue weighted by Crippen LogP contribution is 1.99. The molecule has 0 saturated carbocycles. The molecule has 0 bridgehead atoms. The molecule has 1 rings (SSSR count). The zero-order valence-corrected chi connectivity index (χ0v) is 10.7. The number of ether oxygens (including phenoxy) is 1. The molecule has 98 valence electrons. The predicted molar refractivity (Wildman–Crippen MR) is 63.7 cm³/mol. The fourth-order valence-corrected chi connectivity index (χ4v) is 1.48. The van der Waals surface area contributed by atoms with Crippen LogP contribution in [0.25, 0.3) is 0 Å². The Morgan fingerprint density at radius 3 is 2.41 bits per heavy atom. The largest absolute Gasteiger partial charge is 0.439 e. The van der Waals surface area contributed by atoms with Gasteiger partial charge in [0.15, 0.2) is 6.61 Å². The van der Waals surface area contributed by atoms with E-state index < -0.39 is 6.09 Å². The number of hydrogen-bond acceptors (Lipinski definition) is 4. The van der Waals surface area contributed by atoms with Crippen molar-refractivity contribution in [1.29, 1.82) is 0 Å². The van der Waals surface area contributed by atoms with Gasteiger partial charge in [0.1, 0.15) is 0 Å². The van der Waals surface area contributed by atoms with Crippen molar-refractivity contribution in [3.63, 3.8) is 0 Å². The summed E-state index contributed by atoms with van der Waals surface area (Å²) in [6, 6.07) is 0. The van der Waals surface area contributed by atoms with E-state index in [1.54, 1.807) is 4.90 Å². The van der Waals surface area contributed by atoms with Gasteiger partial charge in [0, 0.05) is 31.7 Å². The first-order chi connectivity index (χ1) is 7.88. The van der Waals surface area contributed by atoms with Crippen molar-refractivity contribution in [3.05, 3.63) is 0 Å². The normalized spacial score (nSPS) is 16.5. The molecule has 0 aromatic rings. The summed E-state index contributed by atoms with van der Waals surface area (Å²) in [7, 11) is 0. The first-order valence-corrected chi connectivity index (χ1v) is 5.82. The number of nitrogens with zero attached hydrogens (tertiary/aromatic N) is 1. The van der Waals surface area contributed by atoms with Gasteiger partial charge in [-0.25, -0.2) is 4.79 Å². The van der Waals surface area contributed by atoms with E-state index in [0.717, 1.165) is 13.1 Å². The summed E-state index contributed by atoms with van der Waals surface area (Å²) < 4.78 is 4.87. The van der Waals surface area contributed by atoms with Crippen LogP contribution in [-0.2, 0) is 9.53 Å². The van der Waals surface area contributed by atoms with Crippen molar-refractivity contribution >= 4 is 12.0 Å². The van der Waals surface area contributed by atoms with Gasteiger partial charge in [0.25, 0.3) is 5.91 Å². The maximum Gasteiger partial charge on any atom is 0.408 e. The fraction of sp³-hybridized carbons (Fsp3) is 0.818. The molecule has 2 N–H and O–H groups in total. The molecule has 0 aromatic carbocycles. The third kappa shape index (κ3) is 5.53. The quantitative estimate of drug-likeness (QED) is 0.713. The van der Waals surface area contributed by atoms with Crippen LogP contribution in [0.1, 0.15) is 20.8 Å². The maximum absolute atomic E-state index is 11.7. The zero-order chi connectivity index (χ0) is 12.9. The Bertz CT molecular complexity index is 280. The summed E-state index contributed by atoms with van der Waals surface area (Å²) >= 11 is 0. The lowest BCUT2D eigenvalue weighted by Crippen LogP contribution is -2.48. The lowest BCUT2D eigenvalue weighted by Gasteiger charge is -2.27. The molecule has 0 aliphatic carbocycles. The van der Waals surface area contributed by atoms with Gasteiger partial charge in [-0.15, -0.1) is 0 Å². The van der Waals surface area contributed by atoms with E-state index in [1.807, 2.05) is 20.8 Å². The number of amides is 2. The van der Waals surface area contributed by atoms with Crippen molar-refractivity contribution < 1.29 is 14.3 Å². The van der Waals surface area contributed by atoms with E-state index in [1.165, 1.54) is 0 Å². The van der Waals surface area contributed by atoms with Gasteiger partial charge in [-0.2, -0.15) is 0 Å². The molecule has 1 aliphatic rings. The second-order valence-corrected chi connectivity index (χ2v) is 5.08. The average molecular weight is 243 g/mol. The topological polar surface area (TPSA) is 70.7 Å². The fourth-order valence-electron chi connectivity index (χ4n) is 1.48. The molecule has 17 heavy (non-hydrogen) atoms.